The Morgan fingerprint density at radius 2 is 1.72 bits per heavy atom. The largest absolute Gasteiger partial charge is 0.492 e. The van der Waals surface area contributed by atoms with Crippen molar-refractivity contribution in [1.82, 2.24) is 15.1 Å². The minimum Gasteiger partial charge on any atom is -0.492 e. The number of nitrogens with zero attached hydrogens (tertiary/aromatic N) is 4. The minimum absolute atomic E-state index is 0.0265. The van der Waals surface area contributed by atoms with Crippen molar-refractivity contribution in [2.24, 2.45) is 0 Å². The molecule has 0 bridgehead atoms. The van der Waals surface area contributed by atoms with E-state index in [0.29, 0.717) is 30.4 Å². The van der Waals surface area contributed by atoms with Crippen LogP contribution in [0.2, 0.25) is 0 Å². The van der Waals surface area contributed by atoms with E-state index in [1.165, 1.54) is 11.3 Å². The highest BCUT2D eigenvalue weighted by molar-refractivity contribution is 7.18. The van der Waals surface area contributed by atoms with E-state index in [9.17, 15) is 9.59 Å². The lowest BCUT2D eigenvalue weighted by Crippen LogP contribution is -2.32. The number of ether oxygens (including phenoxy) is 1. The van der Waals surface area contributed by atoms with Crippen LogP contribution in [0.15, 0.2) is 36.4 Å². The minimum atomic E-state index is -0.862. The molecule has 8 nitrogen and oxygen atoms in total. The third-order valence-corrected chi connectivity index (χ3v) is 6.83. The molecule has 0 aliphatic heterocycles. The van der Waals surface area contributed by atoms with Crippen LogP contribution in [0.3, 0.4) is 0 Å². The van der Waals surface area contributed by atoms with Gasteiger partial charge in [0.05, 0.1) is 6.54 Å². The summed E-state index contributed by atoms with van der Waals surface area (Å²) >= 11 is 1.40. The molecule has 1 heterocycles. The maximum Gasteiger partial charge on any atom is 0.317 e. The number of anilines is 1. The summed E-state index contributed by atoms with van der Waals surface area (Å²) < 4.78 is 5.97. The van der Waals surface area contributed by atoms with Crippen molar-refractivity contribution in [3.63, 3.8) is 0 Å². The van der Waals surface area contributed by atoms with Gasteiger partial charge in [-0.25, -0.2) is 0 Å². The summed E-state index contributed by atoms with van der Waals surface area (Å²) in [7, 11) is 1.75. The quantitative estimate of drug-likeness (QED) is 0.367. The van der Waals surface area contributed by atoms with Gasteiger partial charge in [0, 0.05) is 24.2 Å². The molecule has 0 aliphatic carbocycles. The van der Waals surface area contributed by atoms with Crippen molar-refractivity contribution in [2.45, 2.75) is 40.5 Å². The van der Waals surface area contributed by atoms with Crippen LogP contribution in [0, 0.1) is 20.8 Å². The lowest BCUT2D eigenvalue weighted by Gasteiger charge is -2.20. The highest BCUT2D eigenvalue weighted by Crippen LogP contribution is 2.34. The van der Waals surface area contributed by atoms with Crippen LogP contribution in [0.4, 0.5) is 5.13 Å². The Hall–Kier alpha value is -3.30. The predicted octanol–water partition coefficient (Wildman–Crippen LogP) is 4.97. The monoisotopic (exact) mass is 510 g/mol. The molecule has 0 saturated heterocycles. The fraction of sp³-hybridized carbons (Fsp3) is 0.407. The number of carbonyl (C=O) groups is 2. The number of hydrogen-bond donors (Lipinski definition) is 1. The lowest BCUT2D eigenvalue weighted by molar-refractivity contribution is -0.138. The zero-order valence-electron chi connectivity index (χ0n) is 21.6. The molecule has 36 heavy (non-hydrogen) atoms. The smallest absolute Gasteiger partial charge is 0.317 e. The second-order valence-electron chi connectivity index (χ2n) is 8.93. The summed E-state index contributed by atoms with van der Waals surface area (Å²) in [6.45, 7) is 9.45. The predicted molar refractivity (Wildman–Crippen MR) is 143 cm³/mol. The second-order valence-corrected chi connectivity index (χ2v) is 9.89. The fourth-order valence-corrected chi connectivity index (χ4v) is 4.77. The van der Waals surface area contributed by atoms with E-state index in [-0.39, 0.29) is 12.5 Å². The molecule has 0 unspecified atom stereocenters. The molecule has 0 atom stereocenters. The van der Waals surface area contributed by atoms with Gasteiger partial charge < -0.3 is 9.84 Å². The number of carboxylic acids is 1. The third kappa shape index (κ3) is 6.89. The van der Waals surface area contributed by atoms with Gasteiger partial charge in [0.2, 0.25) is 5.13 Å². The number of rotatable bonds is 12. The first kappa shape index (κ1) is 27.3. The van der Waals surface area contributed by atoms with Crippen LogP contribution >= 0.6 is 11.3 Å². The van der Waals surface area contributed by atoms with Crippen molar-refractivity contribution >= 4 is 28.3 Å². The van der Waals surface area contributed by atoms with E-state index in [1.54, 1.807) is 16.8 Å². The molecule has 3 rings (SSSR count). The standard InChI is InChI=1S/C27H34N4O4S/c1-6-7-12-31(26(34)22-11-9-8-10-18(22)2)27-29-28-25(36-27)21-15-19(3)24(20(4)16-21)35-14-13-30(5)17-23(32)33/h8-11,15-16H,6-7,12-14,17H2,1-5H3,(H,32,33). The normalized spacial score (nSPS) is 11.1. The van der Waals surface area contributed by atoms with Crippen LogP contribution in [0.1, 0.15) is 46.8 Å². The topological polar surface area (TPSA) is 95.9 Å². The number of carboxylic acid groups (broad SMARTS) is 1. The molecule has 1 aromatic heterocycles. The van der Waals surface area contributed by atoms with Gasteiger partial charge in [-0.05, 0) is 69.1 Å². The Labute approximate surface area is 216 Å². The summed E-state index contributed by atoms with van der Waals surface area (Å²) in [4.78, 5) is 27.7. The molecule has 0 spiro atoms. The van der Waals surface area contributed by atoms with Crippen LogP contribution in [0.5, 0.6) is 5.75 Å². The van der Waals surface area contributed by atoms with Gasteiger partial charge in [-0.2, -0.15) is 0 Å². The first-order valence-electron chi connectivity index (χ1n) is 12.1. The number of unbranched alkanes of at least 4 members (excludes halogenated alkanes) is 1. The molecular formula is C27H34N4O4S. The Morgan fingerprint density at radius 1 is 1.03 bits per heavy atom. The highest BCUT2D eigenvalue weighted by atomic mass is 32.1. The van der Waals surface area contributed by atoms with E-state index in [1.807, 2.05) is 57.2 Å². The van der Waals surface area contributed by atoms with Crippen molar-refractivity contribution in [3.8, 4) is 16.3 Å². The van der Waals surface area contributed by atoms with E-state index < -0.39 is 5.97 Å². The Morgan fingerprint density at radius 3 is 2.36 bits per heavy atom. The van der Waals surface area contributed by atoms with Gasteiger partial charge in [0.1, 0.15) is 17.4 Å². The number of hydrogen-bond acceptors (Lipinski definition) is 7. The van der Waals surface area contributed by atoms with E-state index in [0.717, 1.165) is 45.9 Å². The number of carbonyl (C=O) groups excluding carboxylic acids is 1. The SMILES string of the molecule is CCCCN(C(=O)c1ccccc1C)c1nnc(-c2cc(C)c(OCCN(C)CC(=O)O)c(C)c2)s1. The number of likely N-dealkylation sites (N-methyl/N-ethyl adjacent to an activating group) is 1. The summed E-state index contributed by atoms with van der Waals surface area (Å²) in [5.74, 6) is -0.140. The first-order valence-corrected chi connectivity index (χ1v) is 12.9. The number of aliphatic carboxylic acids is 1. The van der Waals surface area contributed by atoms with Gasteiger partial charge in [-0.1, -0.05) is 42.9 Å². The van der Waals surface area contributed by atoms with E-state index >= 15 is 0 Å². The van der Waals surface area contributed by atoms with Crippen molar-refractivity contribution in [3.05, 3.63) is 58.7 Å². The van der Waals surface area contributed by atoms with Gasteiger partial charge in [-0.15, -0.1) is 10.2 Å². The van der Waals surface area contributed by atoms with E-state index in [4.69, 9.17) is 9.84 Å². The molecule has 0 fully saturated rings. The Kier molecular flexibility index (Phi) is 9.55. The molecule has 0 aliphatic rings. The summed E-state index contributed by atoms with van der Waals surface area (Å²) in [5, 5.41) is 19.0. The summed E-state index contributed by atoms with van der Waals surface area (Å²) in [6.07, 6.45) is 1.84. The average molecular weight is 511 g/mol. The molecule has 9 heteroatoms. The molecule has 1 amide bonds. The lowest BCUT2D eigenvalue weighted by atomic mass is 10.1. The maximum atomic E-state index is 13.4. The first-order chi connectivity index (χ1) is 17.2. The number of aromatic nitrogens is 2. The molecule has 1 N–H and O–H groups in total. The Balaban J connectivity index is 1.79. The molecule has 192 valence electrons. The zero-order chi connectivity index (χ0) is 26.2. The van der Waals surface area contributed by atoms with Crippen molar-refractivity contribution < 1.29 is 19.4 Å². The van der Waals surface area contributed by atoms with Crippen LogP contribution in [0.25, 0.3) is 10.6 Å². The Bertz CT molecular complexity index is 1190. The van der Waals surface area contributed by atoms with Gasteiger partial charge in [-0.3, -0.25) is 19.4 Å². The fourth-order valence-electron chi connectivity index (χ4n) is 3.91. The molecule has 2 aromatic carbocycles. The van der Waals surface area contributed by atoms with E-state index in [2.05, 4.69) is 17.1 Å². The molecule has 0 saturated carbocycles. The third-order valence-electron chi connectivity index (χ3n) is 5.83. The van der Waals surface area contributed by atoms with Crippen molar-refractivity contribution in [1.29, 1.82) is 0 Å². The molecule has 0 radical (unpaired) electrons. The van der Waals surface area contributed by atoms with Gasteiger partial charge in [0.15, 0.2) is 0 Å². The average Bonchev–Trinajstić information content (AvgIpc) is 3.30. The number of benzene rings is 2. The van der Waals surface area contributed by atoms with Crippen molar-refractivity contribution in [2.75, 3.05) is 38.2 Å². The second kappa shape index (κ2) is 12.6. The van der Waals surface area contributed by atoms with Gasteiger partial charge in [0.25, 0.3) is 5.91 Å². The van der Waals surface area contributed by atoms with Crippen LogP contribution in [-0.2, 0) is 4.79 Å². The zero-order valence-corrected chi connectivity index (χ0v) is 22.4. The van der Waals surface area contributed by atoms with Crippen LogP contribution < -0.4 is 9.64 Å². The van der Waals surface area contributed by atoms with Crippen LogP contribution in [-0.4, -0.2) is 65.4 Å². The number of amides is 1. The number of aryl methyl sites for hydroxylation is 3. The molecular weight excluding hydrogens is 476 g/mol. The molecule has 3 aromatic rings. The summed E-state index contributed by atoms with van der Waals surface area (Å²) in [6, 6.07) is 11.6. The maximum absolute atomic E-state index is 13.4. The van der Waals surface area contributed by atoms with Gasteiger partial charge >= 0.3 is 5.97 Å². The highest BCUT2D eigenvalue weighted by Gasteiger charge is 2.23. The summed E-state index contributed by atoms with van der Waals surface area (Å²) in [5.41, 5.74) is 4.45.